The topological polar surface area (TPSA) is 38.3 Å². The molecule has 1 aliphatic carbocycles. The first-order chi connectivity index (χ1) is 15.7. The van der Waals surface area contributed by atoms with Crippen molar-refractivity contribution in [2.45, 2.75) is 12.8 Å². The number of hydrogen-bond donors (Lipinski definition) is 1. The molecule has 1 aliphatic rings. The normalized spacial score (nSPS) is 12.7. The van der Waals surface area contributed by atoms with Crippen LogP contribution in [0.3, 0.4) is 0 Å². The summed E-state index contributed by atoms with van der Waals surface area (Å²) in [4.78, 5) is 12.3. The van der Waals surface area contributed by atoms with Crippen molar-refractivity contribution in [3.63, 3.8) is 0 Å². The monoisotopic (exact) mass is 419 g/mol. The van der Waals surface area contributed by atoms with Crippen molar-refractivity contribution in [3.8, 4) is 11.1 Å². The molecule has 0 heterocycles. The molecular formula is C29H25NO2. The quantitative estimate of drug-likeness (QED) is 0.391. The Morgan fingerprint density at radius 1 is 0.844 bits per heavy atom. The highest BCUT2D eigenvalue weighted by Gasteiger charge is 2.28. The smallest absolute Gasteiger partial charge is 0.407 e. The first kappa shape index (κ1) is 20.1. The lowest BCUT2D eigenvalue weighted by atomic mass is 9.98. The average molecular weight is 420 g/mol. The Kier molecular flexibility index (Phi) is 5.47. The fourth-order valence-corrected chi connectivity index (χ4v) is 4.60. The number of fused-ring (bicyclic) bond motifs is 4. The largest absolute Gasteiger partial charge is 0.449 e. The van der Waals surface area contributed by atoms with Gasteiger partial charge in [0.05, 0.1) is 0 Å². The molecular weight excluding hydrogens is 394 g/mol. The van der Waals surface area contributed by atoms with Crippen LogP contribution < -0.4 is 5.32 Å². The van der Waals surface area contributed by atoms with Crippen molar-refractivity contribution in [2.75, 3.05) is 13.2 Å². The number of rotatable bonds is 5. The number of hydrogen-bond acceptors (Lipinski definition) is 2. The Hall–Kier alpha value is -3.85. The minimum atomic E-state index is -0.398. The number of amides is 1. The lowest BCUT2D eigenvalue weighted by molar-refractivity contribution is 0.144. The average Bonchev–Trinajstić information content (AvgIpc) is 3.16. The maximum absolute atomic E-state index is 12.3. The predicted octanol–water partition coefficient (Wildman–Crippen LogP) is 6.70. The fourth-order valence-electron chi connectivity index (χ4n) is 4.60. The van der Waals surface area contributed by atoms with Crippen LogP contribution in [-0.4, -0.2) is 19.2 Å². The van der Waals surface area contributed by atoms with Crippen molar-refractivity contribution < 1.29 is 9.53 Å². The first-order valence-corrected chi connectivity index (χ1v) is 11.0. The Morgan fingerprint density at radius 3 is 2.19 bits per heavy atom. The van der Waals surface area contributed by atoms with E-state index in [-0.39, 0.29) is 5.92 Å². The minimum absolute atomic E-state index is 0.0719. The molecule has 0 unspecified atom stereocenters. The standard InChI is InChI=1S/C29H25NO2/c1-20-16-17-21(23-11-3-2-10-22(20)23)9-8-18-30-29(31)32-19-28-26-14-6-4-12-24(26)25-13-5-7-15-27(25)28/h2-17,28H,18-19H2,1H3,(H,30,31). The second-order valence-electron chi connectivity index (χ2n) is 8.13. The van der Waals surface area contributed by atoms with E-state index < -0.39 is 6.09 Å². The Balaban J connectivity index is 1.20. The summed E-state index contributed by atoms with van der Waals surface area (Å²) in [5, 5.41) is 5.30. The molecule has 0 radical (unpaired) electrons. The van der Waals surface area contributed by atoms with Crippen molar-refractivity contribution in [2.24, 2.45) is 0 Å². The summed E-state index contributed by atoms with van der Waals surface area (Å²) < 4.78 is 5.59. The van der Waals surface area contributed by atoms with E-state index in [9.17, 15) is 4.79 Å². The van der Waals surface area contributed by atoms with Crippen LogP contribution in [0.1, 0.15) is 28.2 Å². The Morgan fingerprint density at radius 2 is 1.47 bits per heavy atom. The van der Waals surface area contributed by atoms with E-state index >= 15 is 0 Å². The van der Waals surface area contributed by atoms with E-state index in [4.69, 9.17) is 4.74 Å². The molecule has 0 saturated carbocycles. The third-order valence-corrected chi connectivity index (χ3v) is 6.18. The zero-order valence-electron chi connectivity index (χ0n) is 18.0. The summed E-state index contributed by atoms with van der Waals surface area (Å²) in [5.41, 5.74) is 7.28. The SMILES string of the molecule is Cc1ccc(C=CCNC(=O)OCC2c3ccccc3-c3ccccc32)c2ccccc12. The van der Waals surface area contributed by atoms with Crippen LogP contribution in [-0.2, 0) is 4.74 Å². The van der Waals surface area contributed by atoms with Crippen molar-refractivity contribution >= 4 is 22.9 Å². The molecule has 0 fully saturated rings. The first-order valence-electron chi connectivity index (χ1n) is 11.0. The number of benzene rings is 4. The zero-order chi connectivity index (χ0) is 21.9. The summed E-state index contributed by atoms with van der Waals surface area (Å²) in [6, 6.07) is 29.3. The van der Waals surface area contributed by atoms with Gasteiger partial charge in [-0.1, -0.05) is 97.1 Å². The number of carbonyl (C=O) groups is 1. The second-order valence-corrected chi connectivity index (χ2v) is 8.13. The van der Waals surface area contributed by atoms with Crippen molar-refractivity contribution in [1.82, 2.24) is 5.32 Å². The zero-order valence-corrected chi connectivity index (χ0v) is 18.0. The molecule has 5 rings (SSSR count). The van der Waals surface area contributed by atoms with E-state index in [0.29, 0.717) is 13.2 Å². The number of ether oxygens (including phenoxy) is 1. The molecule has 32 heavy (non-hydrogen) atoms. The Labute approximate surface area is 188 Å². The molecule has 0 saturated heterocycles. The van der Waals surface area contributed by atoms with E-state index in [1.54, 1.807) is 0 Å². The van der Waals surface area contributed by atoms with Gasteiger partial charge >= 0.3 is 6.09 Å². The highest BCUT2D eigenvalue weighted by atomic mass is 16.5. The van der Waals surface area contributed by atoms with Gasteiger partial charge < -0.3 is 10.1 Å². The number of aryl methyl sites for hydroxylation is 1. The lowest BCUT2D eigenvalue weighted by Gasteiger charge is -2.14. The van der Waals surface area contributed by atoms with Crippen LogP contribution in [0.2, 0.25) is 0 Å². The van der Waals surface area contributed by atoms with Crippen LogP contribution >= 0.6 is 0 Å². The Bertz CT molecular complexity index is 1280. The van der Waals surface area contributed by atoms with Gasteiger partial charge in [-0.05, 0) is 51.1 Å². The molecule has 158 valence electrons. The van der Waals surface area contributed by atoms with Gasteiger partial charge in [-0.2, -0.15) is 0 Å². The molecule has 0 atom stereocenters. The van der Waals surface area contributed by atoms with Gasteiger partial charge in [0.25, 0.3) is 0 Å². The second kappa shape index (κ2) is 8.72. The van der Waals surface area contributed by atoms with Gasteiger partial charge in [-0.15, -0.1) is 0 Å². The van der Waals surface area contributed by atoms with Crippen molar-refractivity contribution in [1.29, 1.82) is 0 Å². The minimum Gasteiger partial charge on any atom is -0.449 e. The molecule has 0 bridgehead atoms. The molecule has 0 aliphatic heterocycles. The van der Waals surface area contributed by atoms with Gasteiger partial charge in [0.2, 0.25) is 0 Å². The molecule has 1 N–H and O–H groups in total. The molecule has 1 amide bonds. The van der Waals surface area contributed by atoms with Crippen LogP contribution in [0.4, 0.5) is 4.79 Å². The van der Waals surface area contributed by atoms with Crippen LogP contribution in [0.5, 0.6) is 0 Å². The van der Waals surface area contributed by atoms with Crippen LogP contribution in [0, 0.1) is 6.92 Å². The molecule has 3 heteroatoms. The molecule has 4 aromatic rings. The highest BCUT2D eigenvalue weighted by Crippen LogP contribution is 2.44. The summed E-state index contributed by atoms with van der Waals surface area (Å²) in [6.45, 7) is 2.86. The third kappa shape index (κ3) is 3.78. The number of carbonyl (C=O) groups excluding carboxylic acids is 1. The molecule has 0 aromatic heterocycles. The van der Waals surface area contributed by atoms with Gasteiger partial charge in [0.1, 0.15) is 6.61 Å². The summed E-state index contributed by atoms with van der Waals surface area (Å²) in [7, 11) is 0. The number of alkyl carbamates (subject to hydrolysis) is 1. The van der Waals surface area contributed by atoms with E-state index in [1.807, 2.05) is 30.4 Å². The van der Waals surface area contributed by atoms with Gasteiger partial charge in [0.15, 0.2) is 0 Å². The van der Waals surface area contributed by atoms with Crippen LogP contribution in [0.25, 0.3) is 28.0 Å². The summed E-state index contributed by atoms with van der Waals surface area (Å²) in [6.07, 6.45) is 3.61. The van der Waals surface area contributed by atoms with Gasteiger partial charge in [-0.25, -0.2) is 4.79 Å². The highest BCUT2D eigenvalue weighted by molar-refractivity contribution is 5.92. The van der Waals surface area contributed by atoms with E-state index in [1.165, 1.54) is 38.6 Å². The summed E-state index contributed by atoms with van der Waals surface area (Å²) in [5.74, 6) is 0.0719. The lowest BCUT2D eigenvalue weighted by Crippen LogP contribution is -2.26. The molecule has 3 nitrogen and oxygen atoms in total. The van der Waals surface area contributed by atoms with Crippen molar-refractivity contribution in [3.05, 3.63) is 113 Å². The van der Waals surface area contributed by atoms with Crippen LogP contribution in [0.15, 0.2) is 91.0 Å². The molecule has 0 spiro atoms. The summed E-state index contributed by atoms with van der Waals surface area (Å²) >= 11 is 0. The maximum atomic E-state index is 12.3. The fraction of sp³-hybridized carbons (Fsp3) is 0.138. The van der Waals surface area contributed by atoms with E-state index in [2.05, 4.69) is 79.0 Å². The predicted molar refractivity (Wildman–Crippen MR) is 131 cm³/mol. The van der Waals surface area contributed by atoms with E-state index in [0.717, 1.165) is 5.56 Å². The third-order valence-electron chi connectivity index (χ3n) is 6.18. The maximum Gasteiger partial charge on any atom is 0.407 e. The van der Waals surface area contributed by atoms with Gasteiger partial charge in [0, 0.05) is 12.5 Å². The molecule has 4 aromatic carbocycles. The van der Waals surface area contributed by atoms with Gasteiger partial charge in [-0.3, -0.25) is 0 Å². The number of nitrogens with one attached hydrogen (secondary N) is 1.